The van der Waals surface area contributed by atoms with Crippen molar-refractivity contribution in [3.63, 3.8) is 0 Å². The quantitative estimate of drug-likeness (QED) is 0.431. The highest BCUT2D eigenvalue weighted by atomic mass is 19.1. The lowest BCUT2D eigenvalue weighted by Crippen LogP contribution is -2.47. The molecule has 0 atom stereocenters. The number of aromatic nitrogens is 1. The van der Waals surface area contributed by atoms with Crippen molar-refractivity contribution in [2.45, 2.75) is 0 Å². The van der Waals surface area contributed by atoms with Crippen LogP contribution in [0.1, 0.15) is 15.9 Å². The summed E-state index contributed by atoms with van der Waals surface area (Å²) in [4.78, 5) is 21.3. The van der Waals surface area contributed by atoms with Crippen LogP contribution in [-0.2, 0) is 0 Å². The van der Waals surface area contributed by atoms with E-state index in [0.717, 1.165) is 54.2 Å². The maximum atomic E-state index is 13.5. The first kappa shape index (κ1) is 20.9. The largest absolute Gasteiger partial charge is 0.497 e. The predicted molar refractivity (Wildman–Crippen MR) is 128 cm³/mol. The van der Waals surface area contributed by atoms with Gasteiger partial charge in [-0.3, -0.25) is 4.79 Å². The SMILES string of the molecule is COc1ccc2[nH+]cc(C(=O)c3ccccc3)c(N3CCN(c4ccc(F)cc4)CC3)c2c1. The number of H-pyrrole nitrogens is 1. The van der Waals surface area contributed by atoms with Crippen molar-refractivity contribution >= 4 is 28.1 Å². The van der Waals surface area contributed by atoms with E-state index in [1.807, 2.05) is 66.9 Å². The Balaban J connectivity index is 1.54. The number of nitrogens with zero attached hydrogens (tertiary/aromatic N) is 2. The number of carbonyl (C=O) groups excluding carboxylic acids is 1. The third kappa shape index (κ3) is 4.12. The number of carbonyl (C=O) groups is 1. The zero-order valence-corrected chi connectivity index (χ0v) is 18.4. The Labute approximate surface area is 192 Å². The minimum atomic E-state index is -0.234. The Morgan fingerprint density at radius 3 is 2.30 bits per heavy atom. The molecule has 0 spiro atoms. The summed E-state index contributed by atoms with van der Waals surface area (Å²) in [5.41, 5.74) is 4.15. The van der Waals surface area contributed by atoms with Crippen LogP contribution < -0.4 is 19.5 Å². The lowest BCUT2D eigenvalue weighted by Gasteiger charge is -2.38. The van der Waals surface area contributed by atoms with Crippen LogP contribution in [0.5, 0.6) is 5.75 Å². The van der Waals surface area contributed by atoms with Crippen LogP contribution in [0.25, 0.3) is 10.9 Å². The molecule has 6 heteroatoms. The molecule has 1 aromatic heterocycles. The van der Waals surface area contributed by atoms with Crippen LogP contribution in [0.4, 0.5) is 15.8 Å². The molecule has 0 radical (unpaired) electrons. The third-order valence-electron chi connectivity index (χ3n) is 6.18. The number of nitrogens with one attached hydrogen (secondary N) is 1. The number of ketones is 1. The van der Waals surface area contributed by atoms with Gasteiger partial charge in [-0.25, -0.2) is 9.37 Å². The van der Waals surface area contributed by atoms with Crippen LogP contribution in [0.15, 0.2) is 79.0 Å². The zero-order valence-electron chi connectivity index (χ0n) is 18.4. The van der Waals surface area contributed by atoms with Gasteiger partial charge in [-0.15, -0.1) is 0 Å². The van der Waals surface area contributed by atoms with Gasteiger partial charge in [0.05, 0.1) is 18.2 Å². The van der Waals surface area contributed by atoms with E-state index < -0.39 is 0 Å². The van der Waals surface area contributed by atoms with Crippen LogP contribution in [0.3, 0.4) is 0 Å². The molecule has 1 N–H and O–H groups in total. The highest BCUT2D eigenvalue weighted by Gasteiger charge is 2.27. The summed E-state index contributed by atoms with van der Waals surface area (Å²) in [5.74, 6) is 0.487. The minimum absolute atomic E-state index is 0.0208. The molecule has 33 heavy (non-hydrogen) atoms. The van der Waals surface area contributed by atoms with Gasteiger partial charge in [-0.1, -0.05) is 30.3 Å². The molecule has 5 nitrogen and oxygen atoms in total. The molecule has 0 aliphatic carbocycles. The number of benzene rings is 3. The standard InChI is InChI=1S/C27H24FN3O2/c1-33-22-11-12-25-23(17-22)26(24(18-29-25)27(32)19-5-3-2-4-6-19)31-15-13-30(14-16-31)21-9-7-20(28)8-10-21/h2-12,17-18H,13-16H2,1H3/p+1. The number of rotatable bonds is 5. The molecule has 0 bridgehead atoms. The minimum Gasteiger partial charge on any atom is -0.497 e. The van der Waals surface area contributed by atoms with Crippen molar-refractivity contribution in [1.82, 2.24) is 0 Å². The highest BCUT2D eigenvalue weighted by Crippen LogP contribution is 2.33. The topological polar surface area (TPSA) is 46.9 Å². The number of halogens is 1. The van der Waals surface area contributed by atoms with Gasteiger partial charge in [0.15, 0.2) is 6.20 Å². The van der Waals surface area contributed by atoms with Crippen molar-refractivity contribution in [3.05, 3.63) is 95.9 Å². The second kappa shape index (κ2) is 8.90. The number of pyridine rings is 1. The third-order valence-corrected chi connectivity index (χ3v) is 6.18. The molecule has 1 saturated heterocycles. The molecule has 0 saturated carbocycles. The van der Waals surface area contributed by atoms with E-state index in [2.05, 4.69) is 14.8 Å². The predicted octanol–water partition coefficient (Wildman–Crippen LogP) is 4.36. The number of aromatic amines is 1. The van der Waals surface area contributed by atoms with Crippen LogP contribution >= 0.6 is 0 Å². The fraction of sp³-hybridized carbons (Fsp3) is 0.185. The second-order valence-electron chi connectivity index (χ2n) is 8.11. The van der Waals surface area contributed by atoms with E-state index in [-0.39, 0.29) is 11.6 Å². The number of anilines is 2. The number of ether oxygens (including phenoxy) is 1. The average Bonchev–Trinajstić information content (AvgIpc) is 2.88. The fourth-order valence-corrected chi connectivity index (χ4v) is 4.43. The molecule has 0 unspecified atom stereocenters. The van der Waals surface area contributed by atoms with Gasteiger partial charge >= 0.3 is 0 Å². The Morgan fingerprint density at radius 1 is 0.909 bits per heavy atom. The summed E-state index contributed by atoms with van der Waals surface area (Å²) in [6.45, 7) is 3.02. The summed E-state index contributed by atoms with van der Waals surface area (Å²) >= 11 is 0. The van der Waals surface area contributed by atoms with E-state index in [9.17, 15) is 9.18 Å². The van der Waals surface area contributed by atoms with Gasteiger partial charge in [-0.05, 0) is 36.4 Å². The average molecular weight is 443 g/mol. The summed E-state index contributed by atoms with van der Waals surface area (Å²) in [7, 11) is 1.64. The van der Waals surface area contributed by atoms with Gasteiger partial charge in [0.1, 0.15) is 17.1 Å². The fourth-order valence-electron chi connectivity index (χ4n) is 4.43. The first-order valence-electron chi connectivity index (χ1n) is 11.0. The summed E-state index contributed by atoms with van der Waals surface area (Å²) < 4.78 is 18.8. The zero-order chi connectivity index (χ0) is 22.8. The Kier molecular flexibility index (Phi) is 5.65. The van der Waals surface area contributed by atoms with Crippen LogP contribution in [0, 0.1) is 5.82 Å². The van der Waals surface area contributed by atoms with Crippen molar-refractivity contribution in [3.8, 4) is 5.75 Å². The Morgan fingerprint density at radius 2 is 1.61 bits per heavy atom. The maximum absolute atomic E-state index is 13.5. The monoisotopic (exact) mass is 442 g/mol. The smallest absolute Gasteiger partial charge is 0.213 e. The number of piperazine rings is 1. The number of hydrogen-bond donors (Lipinski definition) is 0. The molecular weight excluding hydrogens is 417 g/mol. The number of methoxy groups -OCH3 is 1. The molecule has 1 fully saturated rings. The van der Waals surface area contributed by atoms with Gasteiger partial charge in [0.2, 0.25) is 11.3 Å². The normalized spacial score (nSPS) is 13.9. The number of hydrogen-bond acceptors (Lipinski definition) is 4. The van der Waals surface area contributed by atoms with Crippen molar-refractivity contribution in [1.29, 1.82) is 0 Å². The lowest BCUT2D eigenvalue weighted by atomic mass is 9.99. The maximum Gasteiger partial charge on any atom is 0.213 e. The molecule has 1 aliphatic rings. The first-order valence-corrected chi connectivity index (χ1v) is 11.0. The molecule has 166 valence electrons. The van der Waals surface area contributed by atoms with Gasteiger partial charge in [0, 0.05) is 43.5 Å². The van der Waals surface area contributed by atoms with Crippen LogP contribution in [-0.4, -0.2) is 39.1 Å². The first-order chi connectivity index (χ1) is 16.1. The Bertz CT molecular complexity index is 1280. The van der Waals surface area contributed by atoms with Crippen LogP contribution in [0.2, 0.25) is 0 Å². The molecule has 4 aromatic rings. The summed E-state index contributed by atoms with van der Waals surface area (Å²) in [5, 5.41) is 0.950. The van der Waals surface area contributed by atoms with Gasteiger partial charge < -0.3 is 14.5 Å². The summed E-state index contributed by atoms with van der Waals surface area (Å²) in [6.07, 6.45) is 1.81. The molecule has 1 aliphatic heterocycles. The second-order valence-corrected chi connectivity index (χ2v) is 8.11. The molecule has 2 heterocycles. The molecule has 5 rings (SSSR count). The van der Waals surface area contributed by atoms with Crippen molar-refractivity contribution < 1.29 is 18.9 Å². The summed E-state index contributed by atoms with van der Waals surface area (Å²) in [6, 6.07) is 21.8. The number of fused-ring (bicyclic) bond motifs is 1. The highest BCUT2D eigenvalue weighted by molar-refractivity contribution is 6.15. The van der Waals surface area contributed by atoms with Crippen molar-refractivity contribution in [2.24, 2.45) is 0 Å². The van der Waals surface area contributed by atoms with E-state index >= 15 is 0 Å². The van der Waals surface area contributed by atoms with E-state index in [4.69, 9.17) is 4.74 Å². The van der Waals surface area contributed by atoms with Crippen molar-refractivity contribution in [2.75, 3.05) is 43.1 Å². The van der Waals surface area contributed by atoms with Gasteiger partial charge in [0.25, 0.3) is 0 Å². The van der Waals surface area contributed by atoms with Gasteiger partial charge in [-0.2, -0.15) is 0 Å². The molecular formula is C27H25FN3O2+. The van der Waals surface area contributed by atoms with E-state index in [0.29, 0.717) is 11.1 Å². The molecule has 0 amide bonds. The van der Waals surface area contributed by atoms with E-state index in [1.54, 1.807) is 7.11 Å². The Hall–Kier alpha value is -3.93. The lowest BCUT2D eigenvalue weighted by molar-refractivity contribution is -0.344. The molecule has 3 aromatic carbocycles. The van der Waals surface area contributed by atoms with E-state index in [1.165, 1.54) is 12.1 Å².